The Hall–Kier alpha value is -1.88. The molecule has 1 aliphatic rings. The summed E-state index contributed by atoms with van der Waals surface area (Å²) in [4.78, 5) is 23.2. The van der Waals surface area contributed by atoms with Crippen LogP contribution in [0.1, 0.15) is 29.6 Å². The summed E-state index contributed by atoms with van der Waals surface area (Å²) in [5.74, 6) is -0.449. The lowest BCUT2D eigenvalue weighted by atomic mass is 10.1. The Kier molecular flexibility index (Phi) is 4.52. The van der Waals surface area contributed by atoms with Gasteiger partial charge in [-0.15, -0.1) is 0 Å². The summed E-state index contributed by atoms with van der Waals surface area (Å²) in [6.07, 6.45) is 2.62. The zero-order valence-electron chi connectivity index (χ0n) is 10.9. The number of carbonyl (C=O) groups is 2. The molecule has 1 aromatic carbocycles. The average molecular weight is 262 g/mol. The number of ether oxygens (including phenoxy) is 1. The highest BCUT2D eigenvalue weighted by atomic mass is 16.5. The van der Waals surface area contributed by atoms with E-state index >= 15 is 0 Å². The summed E-state index contributed by atoms with van der Waals surface area (Å²) in [6, 6.07) is 7.01. The Morgan fingerprint density at radius 3 is 3.00 bits per heavy atom. The van der Waals surface area contributed by atoms with Gasteiger partial charge in [0.1, 0.15) is 0 Å². The van der Waals surface area contributed by atoms with E-state index in [1.165, 1.54) is 7.11 Å². The molecule has 5 heteroatoms. The number of methoxy groups -OCH3 is 1. The lowest BCUT2D eigenvalue weighted by Gasteiger charge is -2.11. The van der Waals surface area contributed by atoms with Gasteiger partial charge in [-0.05, 0) is 37.6 Å². The molecular formula is C14H18N2O3. The van der Waals surface area contributed by atoms with Crippen LogP contribution >= 0.6 is 0 Å². The number of carbonyl (C=O) groups excluding carboxylic acids is 2. The number of anilines is 1. The Labute approximate surface area is 112 Å². The molecule has 1 fully saturated rings. The molecule has 0 spiro atoms. The van der Waals surface area contributed by atoms with Crippen molar-refractivity contribution in [1.29, 1.82) is 0 Å². The first-order valence-electron chi connectivity index (χ1n) is 6.40. The second-order valence-corrected chi connectivity index (χ2v) is 4.62. The highest BCUT2D eigenvalue weighted by Gasteiger charge is 2.17. The van der Waals surface area contributed by atoms with Crippen molar-refractivity contribution in [2.24, 2.45) is 0 Å². The highest BCUT2D eigenvalue weighted by molar-refractivity contribution is 5.94. The van der Waals surface area contributed by atoms with Crippen LogP contribution in [0.5, 0.6) is 0 Å². The van der Waals surface area contributed by atoms with Crippen LogP contribution in [-0.4, -0.2) is 31.6 Å². The van der Waals surface area contributed by atoms with E-state index in [2.05, 4.69) is 15.4 Å². The molecule has 19 heavy (non-hydrogen) atoms. The molecule has 1 unspecified atom stereocenters. The van der Waals surface area contributed by atoms with Crippen LogP contribution in [0.2, 0.25) is 0 Å². The van der Waals surface area contributed by atoms with Gasteiger partial charge in [0.05, 0.1) is 12.7 Å². The standard InChI is InChI=1S/C14H18N2O3/c1-19-14(18)10-4-2-5-12(8-10)16-13(17)9-11-6-3-7-15-11/h2,4-5,8,11,15H,3,6-7,9H2,1H3,(H,16,17). The monoisotopic (exact) mass is 262 g/mol. The average Bonchev–Trinajstić information content (AvgIpc) is 2.90. The van der Waals surface area contributed by atoms with Crippen LogP contribution in [0.4, 0.5) is 5.69 Å². The molecular weight excluding hydrogens is 244 g/mol. The smallest absolute Gasteiger partial charge is 0.337 e. The topological polar surface area (TPSA) is 67.4 Å². The number of hydrogen-bond acceptors (Lipinski definition) is 4. The number of esters is 1. The van der Waals surface area contributed by atoms with Crippen molar-refractivity contribution in [2.45, 2.75) is 25.3 Å². The third-order valence-electron chi connectivity index (χ3n) is 3.16. The predicted molar refractivity (Wildman–Crippen MR) is 72.1 cm³/mol. The molecule has 0 aliphatic carbocycles. The Morgan fingerprint density at radius 2 is 2.32 bits per heavy atom. The summed E-state index contributed by atoms with van der Waals surface area (Å²) in [6.45, 7) is 0.982. The molecule has 1 atom stereocenters. The van der Waals surface area contributed by atoms with Crippen molar-refractivity contribution in [1.82, 2.24) is 5.32 Å². The number of hydrogen-bond donors (Lipinski definition) is 2. The minimum atomic E-state index is -0.409. The first kappa shape index (κ1) is 13.5. The van der Waals surface area contributed by atoms with E-state index < -0.39 is 5.97 Å². The summed E-state index contributed by atoms with van der Waals surface area (Å²) < 4.78 is 4.64. The van der Waals surface area contributed by atoms with Gasteiger partial charge in [-0.25, -0.2) is 4.79 Å². The second kappa shape index (κ2) is 6.33. The quantitative estimate of drug-likeness (QED) is 0.808. The molecule has 0 radical (unpaired) electrons. The van der Waals surface area contributed by atoms with Crippen LogP contribution in [0.15, 0.2) is 24.3 Å². The fourth-order valence-electron chi connectivity index (χ4n) is 2.21. The van der Waals surface area contributed by atoms with Gasteiger partial charge >= 0.3 is 5.97 Å². The first-order chi connectivity index (χ1) is 9.19. The zero-order chi connectivity index (χ0) is 13.7. The van der Waals surface area contributed by atoms with Gasteiger partial charge in [-0.2, -0.15) is 0 Å². The zero-order valence-corrected chi connectivity index (χ0v) is 10.9. The van der Waals surface area contributed by atoms with Crippen molar-refractivity contribution in [2.75, 3.05) is 19.0 Å². The maximum absolute atomic E-state index is 11.9. The second-order valence-electron chi connectivity index (χ2n) is 4.62. The van der Waals surface area contributed by atoms with E-state index in [1.54, 1.807) is 24.3 Å². The predicted octanol–water partition coefficient (Wildman–Crippen LogP) is 1.55. The summed E-state index contributed by atoms with van der Waals surface area (Å²) in [5, 5.41) is 6.08. The van der Waals surface area contributed by atoms with Crippen molar-refractivity contribution in [3.8, 4) is 0 Å². The summed E-state index contributed by atoms with van der Waals surface area (Å²) >= 11 is 0. The molecule has 0 aromatic heterocycles. The third kappa shape index (κ3) is 3.79. The van der Waals surface area contributed by atoms with Gasteiger partial charge in [0.15, 0.2) is 0 Å². The SMILES string of the molecule is COC(=O)c1cccc(NC(=O)CC2CCCN2)c1. The van der Waals surface area contributed by atoms with E-state index in [-0.39, 0.29) is 11.9 Å². The van der Waals surface area contributed by atoms with Gasteiger partial charge in [0, 0.05) is 18.2 Å². The molecule has 1 aromatic rings. The van der Waals surface area contributed by atoms with E-state index in [1.807, 2.05) is 0 Å². The molecule has 2 N–H and O–H groups in total. The molecule has 2 rings (SSSR count). The van der Waals surface area contributed by atoms with Gasteiger partial charge in [-0.3, -0.25) is 4.79 Å². The van der Waals surface area contributed by atoms with Crippen molar-refractivity contribution in [3.05, 3.63) is 29.8 Å². The lowest BCUT2D eigenvalue weighted by molar-refractivity contribution is -0.116. The molecule has 0 bridgehead atoms. The van der Waals surface area contributed by atoms with E-state index in [9.17, 15) is 9.59 Å². The largest absolute Gasteiger partial charge is 0.465 e. The number of amides is 1. The van der Waals surface area contributed by atoms with Gasteiger partial charge in [-0.1, -0.05) is 6.07 Å². The fourth-order valence-corrected chi connectivity index (χ4v) is 2.21. The Bertz CT molecular complexity index is 468. The fraction of sp³-hybridized carbons (Fsp3) is 0.429. The molecule has 1 amide bonds. The molecule has 5 nitrogen and oxygen atoms in total. The number of nitrogens with one attached hydrogen (secondary N) is 2. The van der Waals surface area contributed by atoms with Gasteiger partial charge in [0.2, 0.25) is 5.91 Å². The summed E-state index contributed by atoms with van der Waals surface area (Å²) in [7, 11) is 1.33. The number of rotatable bonds is 4. The molecule has 0 saturated carbocycles. The van der Waals surface area contributed by atoms with Crippen LogP contribution in [0.3, 0.4) is 0 Å². The normalized spacial score (nSPS) is 18.1. The van der Waals surface area contributed by atoms with Crippen molar-refractivity contribution in [3.63, 3.8) is 0 Å². The summed E-state index contributed by atoms with van der Waals surface area (Å²) in [5.41, 5.74) is 1.05. The third-order valence-corrected chi connectivity index (χ3v) is 3.16. The van der Waals surface area contributed by atoms with Crippen LogP contribution < -0.4 is 10.6 Å². The molecule has 1 saturated heterocycles. The van der Waals surface area contributed by atoms with Crippen LogP contribution in [0, 0.1) is 0 Å². The van der Waals surface area contributed by atoms with E-state index in [0.717, 1.165) is 19.4 Å². The molecule has 102 valence electrons. The van der Waals surface area contributed by atoms with Crippen molar-refractivity contribution >= 4 is 17.6 Å². The van der Waals surface area contributed by atoms with E-state index in [4.69, 9.17) is 0 Å². The highest BCUT2D eigenvalue weighted by Crippen LogP contribution is 2.14. The first-order valence-corrected chi connectivity index (χ1v) is 6.40. The molecule has 1 heterocycles. The number of benzene rings is 1. The Morgan fingerprint density at radius 1 is 1.47 bits per heavy atom. The van der Waals surface area contributed by atoms with Crippen LogP contribution in [-0.2, 0) is 9.53 Å². The molecule has 1 aliphatic heterocycles. The maximum atomic E-state index is 11.9. The lowest BCUT2D eigenvalue weighted by Crippen LogP contribution is -2.27. The Balaban J connectivity index is 1.94. The van der Waals surface area contributed by atoms with E-state index in [0.29, 0.717) is 17.7 Å². The maximum Gasteiger partial charge on any atom is 0.337 e. The minimum Gasteiger partial charge on any atom is -0.465 e. The van der Waals surface area contributed by atoms with Gasteiger partial charge < -0.3 is 15.4 Å². The van der Waals surface area contributed by atoms with Crippen molar-refractivity contribution < 1.29 is 14.3 Å². The minimum absolute atomic E-state index is 0.0404. The van der Waals surface area contributed by atoms with Crippen LogP contribution in [0.25, 0.3) is 0 Å². The van der Waals surface area contributed by atoms with Gasteiger partial charge in [0.25, 0.3) is 0 Å².